The Balaban J connectivity index is 1.52. The van der Waals surface area contributed by atoms with Gasteiger partial charge in [0.15, 0.2) is 5.16 Å². The van der Waals surface area contributed by atoms with Crippen LogP contribution in [0.25, 0.3) is 15.9 Å². The highest BCUT2D eigenvalue weighted by Crippen LogP contribution is 2.35. The van der Waals surface area contributed by atoms with E-state index in [2.05, 4.69) is 31.3 Å². The summed E-state index contributed by atoms with van der Waals surface area (Å²) < 4.78 is 1.73. The molecule has 2 aliphatic rings. The third-order valence-electron chi connectivity index (χ3n) is 7.01. The second-order valence-corrected chi connectivity index (χ2v) is 11.4. The lowest BCUT2D eigenvalue weighted by molar-refractivity contribution is -0.119. The SMILES string of the molecule is Cc1ccc(-n2c(SCC(=O)NC3CCCCC3)nc3sc4c(c3c2=O)CCCC4)cc1C. The molecule has 1 saturated carbocycles. The van der Waals surface area contributed by atoms with Crippen LogP contribution in [0.5, 0.6) is 0 Å². The van der Waals surface area contributed by atoms with E-state index < -0.39 is 0 Å². The van der Waals surface area contributed by atoms with Crippen molar-refractivity contribution >= 4 is 39.2 Å². The Hall–Kier alpha value is -2.12. The monoisotopic (exact) mass is 481 g/mol. The molecule has 1 amide bonds. The summed E-state index contributed by atoms with van der Waals surface area (Å²) >= 11 is 3.03. The second-order valence-electron chi connectivity index (χ2n) is 9.39. The molecule has 5 nitrogen and oxygen atoms in total. The number of rotatable bonds is 5. The smallest absolute Gasteiger partial charge is 0.267 e. The van der Waals surface area contributed by atoms with Gasteiger partial charge in [-0.3, -0.25) is 14.2 Å². The van der Waals surface area contributed by atoms with Crippen LogP contribution in [0.2, 0.25) is 0 Å². The number of carbonyl (C=O) groups is 1. The van der Waals surface area contributed by atoms with Crippen molar-refractivity contribution in [2.24, 2.45) is 0 Å². The van der Waals surface area contributed by atoms with Gasteiger partial charge in [-0.1, -0.05) is 37.1 Å². The molecule has 33 heavy (non-hydrogen) atoms. The van der Waals surface area contributed by atoms with Gasteiger partial charge in [-0.2, -0.15) is 0 Å². The number of nitrogens with zero attached hydrogens (tertiary/aromatic N) is 2. The fourth-order valence-corrected chi connectivity index (χ4v) is 7.15. The maximum Gasteiger partial charge on any atom is 0.267 e. The molecule has 0 aliphatic heterocycles. The Morgan fingerprint density at radius 2 is 1.91 bits per heavy atom. The van der Waals surface area contributed by atoms with Gasteiger partial charge in [-0.15, -0.1) is 11.3 Å². The zero-order chi connectivity index (χ0) is 22.9. The Morgan fingerprint density at radius 3 is 2.70 bits per heavy atom. The lowest BCUT2D eigenvalue weighted by Gasteiger charge is -2.22. The van der Waals surface area contributed by atoms with Crippen molar-refractivity contribution in [2.45, 2.75) is 82.8 Å². The number of thiophene rings is 1. The van der Waals surface area contributed by atoms with E-state index in [-0.39, 0.29) is 23.3 Å². The highest BCUT2D eigenvalue weighted by molar-refractivity contribution is 7.99. The molecule has 1 N–H and O–H groups in total. The van der Waals surface area contributed by atoms with Gasteiger partial charge in [0, 0.05) is 10.9 Å². The molecule has 0 radical (unpaired) electrons. The van der Waals surface area contributed by atoms with E-state index in [9.17, 15) is 9.59 Å². The van der Waals surface area contributed by atoms with Crippen molar-refractivity contribution in [3.63, 3.8) is 0 Å². The first kappa shape index (κ1) is 22.7. The van der Waals surface area contributed by atoms with Gasteiger partial charge < -0.3 is 5.32 Å². The van der Waals surface area contributed by atoms with Crippen molar-refractivity contribution in [3.05, 3.63) is 50.1 Å². The van der Waals surface area contributed by atoms with E-state index in [4.69, 9.17) is 4.98 Å². The molecule has 0 spiro atoms. The van der Waals surface area contributed by atoms with Crippen molar-refractivity contribution in [1.29, 1.82) is 0 Å². The van der Waals surface area contributed by atoms with Crippen LogP contribution in [-0.4, -0.2) is 27.3 Å². The molecule has 2 aromatic heterocycles. The van der Waals surface area contributed by atoms with Crippen LogP contribution in [-0.2, 0) is 17.6 Å². The molecule has 7 heteroatoms. The lowest BCUT2D eigenvalue weighted by atomic mass is 9.95. The number of hydrogen-bond donors (Lipinski definition) is 1. The first-order chi connectivity index (χ1) is 16.0. The predicted octanol–water partition coefficient (Wildman–Crippen LogP) is 5.48. The van der Waals surface area contributed by atoms with E-state index >= 15 is 0 Å². The molecule has 174 valence electrons. The first-order valence-corrected chi connectivity index (χ1v) is 13.9. The number of amides is 1. The summed E-state index contributed by atoms with van der Waals surface area (Å²) in [4.78, 5) is 33.6. The summed E-state index contributed by atoms with van der Waals surface area (Å²) in [6.45, 7) is 4.14. The van der Waals surface area contributed by atoms with Crippen molar-refractivity contribution in [3.8, 4) is 5.69 Å². The Kier molecular flexibility index (Phi) is 6.61. The van der Waals surface area contributed by atoms with Gasteiger partial charge in [-0.25, -0.2) is 4.98 Å². The molecule has 3 aromatic rings. The van der Waals surface area contributed by atoms with E-state index in [1.165, 1.54) is 53.4 Å². The summed E-state index contributed by atoms with van der Waals surface area (Å²) in [5.41, 5.74) is 4.34. The predicted molar refractivity (Wildman–Crippen MR) is 137 cm³/mol. The van der Waals surface area contributed by atoms with Crippen LogP contribution in [0.4, 0.5) is 0 Å². The van der Waals surface area contributed by atoms with Crippen molar-refractivity contribution < 1.29 is 4.79 Å². The number of benzene rings is 1. The third-order valence-corrected chi connectivity index (χ3v) is 9.13. The quantitative estimate of drug-likeness (QED) is 0.387. The molecule has 1 aromatic carbocycles. The van der Waals surface area contributed by atoms with E-state index in [1.807, 2.05) is 6.07 Å². The minimum absolute atomic E-state index is 0.00200. The third kappa shape index (κ3) is 4.62. The van der Waals surface area contributed by atoms with Crippen molar-refractivity contribution in [1.82, 2.24) is 14.9 Å². The van der Waals surface area contributed by atoms with Gasteiger partial charge in [0.05, 0.1) is 16.8 Å². The topological polar surface area (TPSA) is 64.0 Å². The second kappa shape index (κ2) is 9.63. The lowest BCUT2D eigenvalue weighted by Crippen LogP contribution is -2.37. The average Bonchev–Trinajstić information content (AvgIpc) is 3.19. The Bertz CT molecular complexity index is 1250. The number of fused-ring (bicyclic) bond motifs is 3. The molecule has 0 bridgehead atoms. The van der Waals surface area contributed by atoms with Gasteiger partial charge in [0.25, 0.3) is 5.56 Å². The van der Waals surface area contributed by atoms with E-state index in [0.29, 0.717) is 5.16 Å². The van der Waals surface area contributed by atoms with Crippen LogP contribution >= 0.6 is 23.1 Å². The molecular formula is C26H31N3O2S2. The zero-order valence-electron chi connectivity index (χ0n) is 19.4. The Morgan fingerprint density at radius 1 is 1.12 bits per heavy atom. The number of carbonyl (C=O) groups excluding carboxylic acids is 1. The van der Waals surface area contributed by atoms with E-state index in [0.717, 1.165) is 53.6 Å². The molecule has 0 atom stereocenters. The zero-order valence-corrected chi connectivity index (χ0v) is 21.0. The highest BCUT2D eigenvalue weighted by atomic mass is 32.2. The molecular weight excluding hydrogens is 450 g/mol. The summed E-state index contributed by atoms with van der Waals surface area (Å²) in [6, 6.07) is 6.37. The minimum atomic E-state index is -0.00200. The summed E-state index contributed by atoms with van der Waals surface area (Å²) in [5.74, 6) is 0.294. The van der Waals surface area contributed by atoms with Crippen molar-refractivity contribution in [2.75, 3.05) is 5.75 Å². The fourth-order valence-electron chi connectivity index (χ4n) is 5.02. The molecule has 0 saturated heterocycles. The van der Waals surface area contributed by atoms with Gasteiger partial charge in [0.1, 0.15) is 4.83 Å². The number of thioether (sulfide) groups is 1. The molecule has 0 unspecified atom stereocenters. The molecule has 2 aliphatic carbocycles. The number of aryl methyl sites for hydroxylation is 4. The molecule has 1 fully saturated rings. The van der Waals surface area contributed by atoms with Crippen LogP contribution in [0.1, 0.15) is 66.5 Å². The normalized spacial score (nSPS) is 16.7. The number of nitrogens with one attached hydrogen (secondary N) is 1. The first-order valence-electron chi connectivity index (χ1n) is 12.1. The van der Waals surface area contributed by atoms with Crippen LogP contribution in [0, 0.1) is 13.8 Å². The van der Waals surface area contributed by atoms with Gasteiger partial charge in [-0.05, 0) is 81.2 Å². The summed E-state index contributed by atoms with van der Waals surface area (Å²) in [7, 11) is 0. The summed E-state index contributed by atoms with van der Waals surface area (Å²) in [6.07, 6.45) is 10.0. The Labute approximate surface area is 203 Å². The van der Waals surface area contributed by atoms with Crippen LogP contribution in [0.15, 0.2) is 28.2 Å². The van der Waals surface area contributed by atoms with E-state index in [1.54, 1.807) is 15.9 Å². The maximum atomic E-state index is 13.9. The molecule has 5 rings (SSSR count). The molecule has 2 heterocycles. The average molecular weight is 482 g/mol. The summed E-state index contributed by atoms with van der Waals surface area (Å²) in [5, 5.41) is 4.57. The maximum absolute atomic E-state index is 13.9. The fraction of sp³-hybridized carbons (Fsp3) is 0.500. The number of aromatic nitrogens is 2. The largest absolute Gasteiger partial charge is 0.353 e. The minimum Gasteiger partial charge on any atom is -0.353 e. The van der Waals surface area contributed by atoms with Gasteiger partial charge in [0.2, 0.25) is 5.91 Å². The standard InChI is InChI=1S/C26H31N3O2S2/c1-16-12-13-19(14-17(16)2)29-25(31)23-20-10-6-7-11-21(20)33-24(23)28-26(29)32-15-22(30)27-18-8-4-3-5-9-18/h12-14,18H,3-11,15H2,1-2H3,(H,27,30). The van der Waals surface area contributed by atoms with Crippen LogP contribution in [0.3, 0.4) is 0 Å². The number of hydrogen-bond acceptors (Lipinski definition) is 5. The van der Waals surface area contributed by atoms with Crippen LogP contribution < -0.4 is 10.9 Å². The van der Waals surface area contributed by atoms with Gasteiger partial charge >= 0.3 is 0 Å². The highest BCUT2D eigenvalue weighted by Gasteiger charge is 2.24.